The molecule has 5 rings (SSSR count). The molecule has 10 heteroatoms. The molecule has 1 aliphatic carbocycles. The van der Waals surface area contributed by atoms with Gasteiger partial charge in [-0.2, -0.15) is 0 Å². The van der Waals surface area contributed by atoms with Gasteiger partial charge in [-0.05, 0) is 39.1 Å². The van der Waals surface area contributed by atoms with Crippen LogP contribution in [0.4, 0.5) is 0 Å². The van der Waals surface area contributed by atoms with Crippen LogP contribution in [0.25, 0.3) is 5.69 Å². The van der Waals surface area contributed by atoms with Crippen molar-refractivity contribution in [3.8, 4) is 5.69 Å². The number of aliphatic hydroxyl groups is 1. The molecule has 10 nitrogen and oxygen atoms in total. The summed E-state index contributed by atoms with van der Waals surface area (Å²) in [7, 11) is 0. The molecule has 0 saturated carbocycles. The van der Waals surface area contributed by atoms with Crippen molar-refractivity contribution >= 4 is 11.9 Å². The van der Waals surface area contributed by atoms with Crippen LogP contribution in [-0.2, 0) is 20.7 Å². The highest BCUT2D eigenvalue weighted by Crippen LogP contribution is 2.46. The van der Waals surface area contributed by atoms with Crippen LogP contribution in [0.1, 0.15) is 19.4 Å². The molecule has 1 aromatic carbocycles. The van der Waals surface area contributed by atoms with Crippen molar-refractivity contribution < 1.29 is 19.4 Å². The van der Waals surface area contributed by atoms with Gasteiger partial charge in [-0.1, -0.05) is 38.1 Å². The minimum Gasteiger partial charge on any atom is -0.462 e. The summed E-state index contributed by atoms with van der Waals surface area (Å²) in [6.45, 7) is 7.67. The standard InChI is InChI=1S/C25H30N6O4/c1-25(2)20(8-7-19-21(25)15-35-24(19)34)22(32)14-29-9-11-30(12-10-29)23(33)13-17-3-5-18(6-4-17)31-16-26-27-28-31/h3-8,16,21-22,32H,9-15H2,1-2H3. The van der Waals surface area contributed by atoms with E-state index in [0.717, 1.165) is 16.8 Å². The number of ether oxygens (including phenoxy) is 1. The third kappa shape index (κ3) is 4.63. The molecule has 2 fully saturated rings. The maximum atomic E-state index is 12.8. The summed E-state index contributed by atoms with van der Waals surface area (Å²) in [5.41, 5.74) is 3.05. The Bertz CT molecular complexity index is 1150. The number of hydrogen-bond donors (Lipinski definition) is 1. The fourth-order valence-corrected chi connectivity index (χ4v) is 5.25. The number of aromatic nitrogens is 4. The van der Waals surface area contributed by atoms with Crippen molar-refractivity contribution in [1.82, 2.24) is 30.0 Å². The van der Waals surface area contributed by atoms with Gasteiger partial charge in [0.1, 0.15) is 6.33 Å². The Labute approximate surface area is 203 Å². The average molecular weight is 479 g/mol. The monoisotopic (exact) mass is 478 g/mol. The van der Waals surface area contributed by atoms with Gasteiger partial charge in [0.25, 0.3) is 0 Å². The molecule has 2 unspecified atom stereocenters. The quantitative estimate of drug-likeness (QED) is 0.606. The third-order valence-corrected chi connectivity index (χ3v) is 7.47. The number of nitrogens with zero attached hydrogens (tertiary/aromatic N) is 6. The number of β-amino-alcohol motifs (C(OH)–C–C–N with tert-alkyl or cyclic N) is 1. The van der Waals surface area contributed by atoms with Crippen molar-refractivity contribution in [2.24, 2.45) is 11.3 Å². The van der Waals surface area contributed by atoms with Gasteiger partial charge < -0.3 is 14.7 Å². The molecule has 1 aromatic heterocycles. The molecule has 0 spiro atoms. The summed E-state index contributed by atoms with van der Waals surface area (Å²) >= 11 is 0. The number of rotatable bonds is 6. The number of carbonyl (C=O) groups is 2. The molecule has 3 heterocycles. The minimum atomic E-state index is -0.639. The highest BCUT2D eigenvalue weighted by molar-refractivity contribution is 5.92. The number of cyclic esters (lactones) is 1. The first-order valence-electron chi connectivity index (χ1n) is 11.9. The van der Waals surface area contributed by atoms with Crippen LogP contribution in [0.3, 0.4) is 0 Å². The van der Waals surface area contributed by atoms with E-state index in [1.54, 1.807) is 10.8 Å². The second kappa shape index (κ2) is 9.35. The zero-order valence-corrected chi connectivity index (χ0v) is 20.0. The van der Waals surface area contributed by atoms with Gasteiger partial charge in [-0.15, -0.1) is 5.10 Å². The maximum absolute atomic E-state index is 12.8. The number of aliphatic hydroxyl groups excluding tert-OH is 1. The first-order valence-corrected chi connectivity index (χ1v) is 11.9. The van der Waals surface area contributed by atoms with E-state index in [0.29, 0.717) is 51.3 Å². The van der Waals surface area contributed by atoms with Crippen molar-refractivity contribution in [2.75, 3.05) is 39.3 Å². The summed E-state index contributed by atoms with van der Waals surface area (Å²) in [6, 6.07) is 7.63. The van der Waals surface area contributed by atoms with Gasteiger partial charge in [-0.25, -0.2) is 9.48 Å². The lowest BCUT2D eigenvalue weighted by atomic mass is 9.66. The van der Waals surface area contributed by atoms with E-state index >= 15 is 0 Å². The van der Waals surface area contributed by atoms with Crippen LogP contribution < -0.4 is 0 Å². The highest BCUT2D eigenvalue weighted by atomic mass is 16.5. The SMILES string of the molecule is CC1(C)C(C(O)CN2CCN(C(=O)Cc3ccc(-n4cnnn4)cc3)CC2)=CC=C2C(=O)OCC21. The largest absolute Gasteiger partial charge is 0.462 e. The number of fused-ring (bicyclic) bond motifs is 1. The molecule has 3 aliphatic rings. The maximum Gasteiger partial charge on any atom is 0.334 e. The van der Waals surface area contributed by atoms with E-state index in [1.165, 1.54) is 6.33 Å². The summed E-state index contributed by atoms with van der Waals surface area (Å²) in [5.74, 6) is -0.182. The Morgan fingerprint density at radius 1 is 1.17 bits per heavy atom. The molecule has 0 radical (unpaired) electrons. The van der Waals surface area contributed by atoms with Crippen LogP contribution >= 0.6 is 0 Å². The molecular weight excluding hydrogens is 448 g/mol. The lowest BCUT2D eigenvalue weighted by Gasteiger charge is -2.41. The molecule has 1 N–H and O–H groups in total. The van der Waals surface area contributed by atoms with Gasteiger partial charge >= 0.3 is 5.97 Å². The predicted octanol–water partition coefficient (Wildman–Crippen LogP) is 0.776. The van der Waals surface area contributed by atoms with E-state index < -0.39 is 6.10 Å². The predicted molar refractivity (Wildman–Crippen MR) is 126 cm³/mol. The number of carbonyl (C=O) groups excluding carboxylic acids is 2. The number of allylic oxidation sites excluding steroid dienone is 2. The average Bonchev–Trinajstić information content (AvgIpc) is 3.51. The summed E-state index contributed by atoms with van der Waals surface area (Å²) in [4.78, 5) is 28.8. The van der Waals surface area contributed by atoms with E-state index in [4.69, 9.17) is 4.74 Å². The van der Waals surface area contributed by atoms with Crippen LogP contribution in [-0.4, -0.2) is 92.4 Å². The molecule has 35 heavy (non-hydrogen) atoms. The van der Waals surface area contributed by atoms with E-state index in [9.17, 15) is 14.7 Å². The van der Waals surface area contributed by atoms with Gasteiger partial charge in [-0.3, -0.25) is 9.69 Å². The molecule has 0 bridgehead atoms. The number of esters is 1. The molecule has 2 aromatic rings. The highest BCUT2D eigenvalue weighted by Gasteiger charge is 2.46. The van der Waals surface area contributed by atoms with Gasteiger partial charge in [0.2, 0.25) is 5.91 Å². The fraction of sp³-hybridized carbons (Fsp3) is 0.480. The van der Waals surface area contributed by atoms with Crippen LogP contribution in [0, 0.1) is 11.3 Å². The third-order valence-electron chi connectivity index (χ3n) is 7.47. The summed E-state index contributed by atoms with van der Waals surface area (Å²) in [5, 5.41) is 22.2. The Morgan fingerprint density at radius 2 is 1.91 bits per heavy atom. The van der Waals surface area contributed by atoms with Crippen molar-refractivity contribution in [2.45, 2.75) is 26.4 Å². The number of tetrazole rings is 1. The van der Waals surface area contributed by atoms with Crippen molar-refractivity contribution in [3.05, 3.63) is 59.5 Å². The lowest BCUT2D eigenvalue weighted by molar-refractivity contribution is -0.135. The Balaban J connectivity index is 1.13. The number of benzene rings is 1. The van der Waals surface area contributed by atoms with Crippen molar-refractivity contribution in [3.63, 3.8) is 0 Å². The number of piperazine rings is 1. The molecule has 2 atom stereocenters. The normalized spacial score (nSPS) is 22.8. The van der Waals surface area contributed by atoms with Gasteiger partial charge in [0.15, 0.2) is 0 Å². The first-order chi connectivity index (χ1) is 16.8. The fourth-order valence-electron chi connectivity index (χ4n) is 5.25. The second-order valence-electron chi connectivity index (χ2n) is 9.91. The van der Waals surface area contributed by atoms with Crippen molar-refractivity contribution in [1.29, 1.82) is 0 Å². The zero-order chi connectivity index (χ0) is 24.6. The molecule has 1 amide bonds. The van der Waals surface area contributed by atoms with E-state index in [-0.39, 0.29) is 23.2 Å². The molecule has 2 saturated heterocycles. The Hall–Kier alpha value is -3.37. The zero-order valence-electron chi connectivity index (χ0n) is 20.0. The minimum absolute atomic E-state index is 0.0268. The second-order valence-corrected chi connectivity index (χ2v) is 9.91. The summed E-state index contributed by atoms with van der Waals surface area (Å²) in [6.07, 6.45) is 4.92. The topological polar surface area (TPSA) is 114 Å². The van der Waals surface area contributed by atoms with Gasteiger partial charge in [0, 0.05) is 44.2 Å². The van der Waals surface area contributed by atoms with Crippen LogP contribution in [0.5, 0.6) is 0 Å². The van der Waals surface area contributed by atoms with Crippen LogP contribution in [0.2, 0.25) is 0 Å². The summed E-state index contributed by atoms with van der Waals surface area (Å²) < 4.78 is 6.80. The lowest BCUT2D eigenvalue weighted by Crippen LogP contribution is -2.51. The molecule has 2 aliphatic heterocycles. The van der Waals surface area contributed by atoms with E-state index in [2.05, 4.69) is 34.3 Å². The number of amides is 1. The molecule has 184 valence electrons. The van der Waals surface area contributed by atoms with Gasteiger partial charge in [0.05, 0.1) is 24.8 Å². The Kier molecular flexibility index (Phi) is 6.24. The first kappa shape index (κ1) is 23.4. The molecular formula is C25H30N6O4. The number of hydrogen-bond acceptors (Lipinski definition) is 8. The smallest absolute Gasteiger partial charge is 0.334 e. The Morgan fingerprint density at radius 3 is 2.60 bits per heavy atom. The van der Waals surface area contributed by atoms with Crippen LogP contribution in [0.15, 0.2) is 53.9 Å². The van der Waals surface area contributed by atoms with E-state index in [1.807, 2.05) is 35.2 Å².